The van der Waals surface area contributed by atoms with Crippen molar-refractivity contribution < 1.29 is 8.78 Å². The Balaban J connectivity index is 0.00000256. The van der Waals surface area contributed by atoms with Gasteiger partial charge < -0.3 is 10.6 Å². The molecule has 4 nitrogen and oxygen atoms in total. The van der Waals surface area contributed by atoms with Crippen LogP contribution in [0.1, 0.15) is 43.2 Å². The van der Waals surface area contributed by atoms with Crippen LogP contribution in [0.2, 0.25) is 0 Å². The second kappa shape index (κ2) is 10.9. The number of benzene rings is 1. The molecule has 0 radical (unpaired) electrons. The molecule has 164 valence electrons. The second-order valence-corrected chi connectivity index (χ2v) is 8.66. The van der Waals surface area contributed by atoms with Gasteiger partial charge in [-0.2, -0.15) is 11.3 Å². The number of aliphatic imine (C=N–C) groups is 1. The van der Waals surface area contributed by atoms with Crippen molar-refractivity contribution in [1.82, 2.24) is 15.5 Å². The van der Waals surface area contributed by atoms with E-state index in [1.807, 2.05) is 6.92 Å². The van der Waals surface area contributed by atoms with Crippen molar-refractivity contribution in [3.8, 4) is 0 Å². The molecule has 0 bridgehead atoms. The maximum atomic E-state index is 14.0. The largest absolute Gasteiger partial charge is 0.354 e. The van der Waals surface area contributed by atoms with Crippen molar-refractivity contribution in [2.75, 3.05) is 19.6 Å². The summed E-state index contributed by atoms with van der Waals surface area (Å²) in [6.45, 7) is 5.78. The number of thiophene rings is 1. The first-order valence-corrected chi connectivity index (χ1v) is 11.3. The number of halogens is 3. The van der Waals surface area contributed by atoms with Gasteiger partial charge in [0.25, 0.3) is 0 Å². The van der Waals surface area contributed by atoms with E-state index in [0.29, 0.717) is 12.6 Å². The van der Waals surface area contributed by atoms with Crippen LogP contribution >= 0.6 is 35.3 Å². The quantitative estimate of drug-likeness (QED) is 0.313. The minimum atomic E-state index is -0.459. The smallest absolute Gasteiger partial charge is 0.191 e. The first-order valence-electron chi connectivity index (χ1n) is 10.4. The Morgan fingerprint density at radius 2 is 1.90 bits per heavy atom. The molecular formula is C22H29F2IN4S. The Labute approximate surface area is 198 Å². The Kier molecular flexibility index (Phi) is 8.47. The van der Waals surface area contributed by atoms with E-state index >= 15 is 0 Å². The molecule has 1 saturated carbocycles. The molecule has 2 fully saturated rings. The van der Waals surface area contributed by atoms with Crippen LogP contribution in [0.4, 0.5) is 8.78 Å². The van der Waals surface area contributed by atoms with Crippen molar-refractivity contribution in [3.63, 3.8) is 0 Å². The maximum Gasteiger partial charge on any atom is 0.191 e. The van der Waals surface area contributed by atoms with Crippen LogP contribution in [0.15, 0.2) is 40.0 Å². The number of hydrogen-bond acceptors (Lipinski definition) is 3. The third-order valence-corrected chi connectivity index (χ3v) is 6.45. The third-order valence-electron chi connectivity index (χ3n) is 5.71. The van der Waals surface area contributed by atoms with E-state index in [1.165, 1.54) is 23.8 Å². The predicted molar refractivity (Wildman–Crippen MR) is 130 cm³/mol. The van der Waals surface area contributed by atoms with E-state index in [9.17, 15) is 8.78 Å². The van der Waals surface area contributed by atoms with Gasteiger partial charge in [0, 0.05) is 49.7 Å². The van der Waals surface area contributed by atoms with Crippen LogP contribution in [0.25, 0.3) is 0 Å². The average molecular weight is 546 g/mol. The van der Waals surface area contributed by atoms with Crippen LogP contribution in [-0.4, -0.2) is 42.6 Å². The molecule has 1 aliphatic heterocycles. The lowest BCUT2D eigenvalue weighted by Crippen LogP contribution is -2.49. The minimum Gasteiger partial charge on any atom is -0.354 e. The summed E-state index contributed by atoms with van der Waals surface area (Å²) in [5.74, 6) is -0.293. The van der Waals surface area contributed by atoms with Crippen molar-refractivity contribution in [3.05, 3.63) is 57.8 Å². The maximum absolute atomic E-state index is 14.0. The van der Waals surface area contributed by atoms with Gasteiger partial charge in [-0.15, -0.1) is 24.0 Å². The highest BCUT2D eigenvalue weighted by Crippen LogP contribution is 2.43. The molecule has 0 amide bonds. The third kappa shape index (κ3) is 5.91. The van der Waals surface area contributed by atoms with Crippen LogP contribution in [0.3, 0.4) is 0 Å². The molecule has 2 aliphatic rings. The first kappa shape index (κ1) is 23.4. The summed E-state index contributed by atoms with van der Waals surface area (Å²) >= 11 is 1.74. The molecule has 2 unspecified atom stereocenters. The van der Waals surface area contributed by atoms with Gasteiger partial charge in [0.15, 0.2) is 5.96 Å². The molecule has 1 aliphatic carbocycles. The number of nitrogens with one attached hydrogen (secondary N) is 2. The number of guanidine groups is 1. The van der Waals surface area contributed by atoms with Crippen molar-refractivity contribution >= 4 is 41.3 Å². The van der Waals surface area contributed by atoms with E-state index in [-0.39, 0.29) is 41.5 Å². The van der Waals surface area contributed by atoms with Gasteiger partial charge in [-0.25, -0.2) is 8.78 Å². The molecule has 8 heteroatoms. The topological polar surface area (TPSA) is 39.7 Å². The van der Waals surface area contributed by atoms with Crippen molar-refractivity contribution in [2.45, 2.75) is 50.7 Å². The molecule has 2 N–H and O–H groups in total. The highest BCUT2D eigenvalue weighted by Gasteiger charge is 2.42. The fourth-order valence-electron chi connectivity index (χ4n) is 4.07. The molecule has 2 atom stereocenters. The van der Waals surface area contributed by atoms with E-state index in [2.05, 4.69) is 37.4 Å². The molecule has 2 heterocycles. The zero-order valence-corrected chi connectivity index (χ0v) is 20.3. The van der Waals surface area contributed by atoms with E-state index in [1.54, 1.807) is 11.3 Å². The molecule has 0 spiro atoms. The summed E-state index contributed by atoms with van der Waals surface area (Å²) in [5, 5.41) is 11.3. The number of piperidine rings is 1. The zero-order valence-electron chi connectivity index (χ0n) is 17.1. The number of nitrogens with zero attached hydrogens (tertiary/aromatic N) is 2. The zero-order chi connectivity index (χ0) is 20.2. The fourth-order valence-corrected chi connectivity index (χ4v) is 4.73. The van der Waals surface area contributed by atoms with Gasteiger partial charge in [0.1, 0.15) is 11.6 Å². The Hall–Kier alpha value is -1.26. The molecule has 4 rings (SSSR count). The Morgan fingerprint density at radius 3 is 2.53 bits per heavy atom. The number of rotatable bonds is 6. The standard InChI is InChI=1S/C22H28F2N4S.HI/c1-2-25-22(27-20-12-17(20)21-18(23)4-3-5-19(21)24)26-16-6-9-28(10-7-16)13-15-8-11-29-14-15;/h3-5,8,11,14,16-17,20H,2,6-7,9-10,12-13H2,1H3,(H2,25,26,27);1H. The minimum absolute atomic E-state index is 0. The Bertz CT molecular complexity index is 817. The molecule has 1 saturated heterocycles. The van der Waals surface area contributed by atoms with Crippen molar-refractivity contribution in [2.24, 2.45) is 4.99 Å². The highest BCUT2D eigenvalue weighted by atomic mass is 127. The summed E-state index contributed by atoms with van der Waals surface area (Å²) in [5.41, 5.74) is 1.58. The molecule has 1 aromatic carbocycles. The van der Waals surface area contributed by atoms with Gasteiger partial charge >= 0.3 is 0 Å². The second-order valence-electron chi connectivity index (χ2n) is 7.88. The lowest BCUT2D eigenvalue weighted by Gasteiger charge is -2.33. The summed E-state index contributed by atoms with van der Waals surface area (Å²) in [4.78, 5) is 7.03. The average Bonchev–Trinajstić information content (AvgIpc) is 3.23. The van der Waals surface area contributed by atoms with Crippen molar-refractivity contribution in [1.29, 1.82) is 0 Å². The summed E-state index contributed by atoms with van der Waals surface area (Å²) in [7, 11) is 0. The van der Waals surface area contributed by atoms with Gasteiger partial charge in [-0.3, -0.25) is 9.89 Å². The Morgan fingerprint density at radius 1 is 1.17 bits per heavy atom. The SMILES string of the molecule is CCN=C(NC1CCN(Cc2ccsc2)CC1)NC1CC1c1c(F)cccc1F.I. The molecule has 2 aromatic rings. The summed E-state index contributed by atoms with van der Waals surface area (Å²) in [6, 6.07) is 6.66. The lowest BCUT2D eigenvalue weighted by molar-refractivity contribution is 0.198. The van der Waals surface area contributed by atoms with Crippen LogP contribution in [0, 0.1) is 11.6 Å². The fraction of sp³-hybridized carbons (Fsp3) is 0.500. The summed E-state index contributed by atoms with van der Waals surface area (Å²) in [6.07, 6.45) is 2.84. The van der Waals surface area contributed by atoms with Gasteiger partial charge in [-0.1, -0.05) is 6.07 Å². The van der Waals surface area contributed by atoms with Gasteiger partial charge in [0.2, 0.25) is 0 Å². The highest BCUT2D eigenvalue weighted by molar-refractivity contribution is 14.0. The molecular weight excluding hydrogens is 517 g/mol. The van der Waals surface area contributed by atoms with Gasteiger partial charge in [0.05, 0.1) is 0 Å². The lowest BCUT2D eigenvalue weighted by atomic mass is 10.0. The van der Waals surface area contributed by atoms with Gasteiger partial charge in [-0.05, 0) is 60.7 Å². The monoisotopic (exact) mass is 546 g/mol. The number of hydrogen-bond donors (Lipinski definition) is 2. The number of likely N-dealkylation sites (tertiary alicyclic amines) is 1. The van der Waals surface area contributed by atoms with Crippen LogP contribution in [0.5, 0.6) is 0 Å². The van der Waals surface area contributed by atoms with Crippen LogP contribution in [-0.2, 0) is 6.54 Å². The van der Waals surface area contributed by atoms with E-state index < -0.39 is 11.6 Å². The van der Waals surface area contributed by atoms with Crippen LogP contribution < -0.4 is 10.6 Å². The summed E-state index contributed by atoms with van der Waals surface area (Å²) < 4.78 is 28.1. The predicted octanol–water partition coefficient (Wildman–Crippen LogP) is 4.72. The van der Waals surface area contributed by atoms with E-state index in [4.69, 9.17) is 0 Å². The first-order chi connectivity index (χ1) is 14.1. The van der Waals surface area contributed by atoms with E-state index in [0.717, 1.165) is 44.9 Å². The normalized spacial score (nSPS) is 22.4. The molecule has 1 aromatic heterocycles. The molecule has 30 heavy (non-hydrogen) atoms.